The van der Waals surface area contributed by atoms with Gasteiger partial charge in [-0.2, -0.15) is 0 Å². The van der Waals surface area contributed by atoms with E-state index in [4.69, 9.17) is 9.47 Å². The quantitative estimate of drug-likeness (QED) is 0.832. The molecule has 0 amide bonds. The van der Waals surface area contributed by atoms with Crippen molar-refractivity contribution >= 4 is 16.0 Å². The van der Waals surface area contributed by atoms with Gasteiger partial charge >= 0.3 is 6.02 Å². The number of nitrogens with one attached hydrogen (secondary N) is 1. The smallest absolute Gasteiger partial charge is 0.301 e. The Labute approximate surface area is 135 Å². The monoisotopic (exact) mass is 340 g/mol. The molecule has 0 aliphatic carbocycles. The molecule has 2 aliphatic rings. The van der Waals surface area contributed by atoms with Crippen LogP contribution in [-0.4, -0.2) is 50.7 Å². The molecule has 2 N–H and O–H groups in total. The molecule has 0 radical (unpaired) electrons. The number of amidine groups is 1. The average Bonchev–Trinajstić information content (AvgIpc) is 2.55. The SMILES string of the molecule is O=S1(=O)N=C(N[C@@H](CCO)c2ccccc2)OC2CCOCC21. The molecular formula is C15H20N2O5S. The Kier molecular flexibility index (Phi) is 4.84. The molecule has 3 rings (SSSR count). The zero-order valence-electron chi connectivity index (χ0n) is 12.6. The molecule has 8 heteroatoms. The number of ether oxygens (including phenoxy) is 2. The Morgan fingerprint density at radius 2 is 2.13 bits per heavy atom. The van der Waals surface area contributed by atoms with Crippen LogP contribution in [-0.2, 0) is 19.5 Å². The van der Waals surface area contributed by atoms with Gasteiger partial charge in [-0.05, 0) is 12.0 Å². The number of rotatable bonds is 4. The molecule has 0 saturated carbocycles. The predicted molar refractivity (Wildman–Crippen MR) is 84.5 cm³/mol. The third kappa shape index (κ3) is 3.65. The minimum atomic E-state index is -3.66. The molecule has 0 bridgehead atoms. The molecule has 3 atom stereocenters. The zero-order chi connectivity index (χ0) is 16.3. The minimum Gasteiger partial charge on any atom is -0.460 e. The van der Waals surface area contributed by atoms with E-state index < -0.39 is 21.4 Å². The fraction of sp³-hybridized carbons (Fsp3) is 0.533. The largest absolute Gasteiger partial charge is 0.460 e. The Hall–Kier alpha value is -1.64. The average molecular weight is 340 g/mol. The van der Waals surface area contributed by atoms with E-state index in [9.17, 15) is 13.5 Å². The summed E-state index contributed by atoms with van der Waals surface area (Å²) in [5.74, 6) is 0. The molecule has 0 spiro atoms. The van der Waals surface area contributed by atoms with Crippen molar-refractivity contribution in [1.29, 1.82) is 0 Å². The first-order valence-electron chi connectivity index (χ1n) is 7.60. The fourth-order valence-electron chi connectivity index (χ4n) is 2.80. The molecule has 0 aromatic heterocycles. The van der Waals surface area contributed by atoms with Crippen LogP contribution >= 0.6 is 0 Å². The molecule has 1 aromatic carbocycles. The maximum Gasteiger partial charge on any atom is 0.301 e. The Balaban J connectivity index is 1.81. The summed E-state index contributed by atoms with van der Waals surface area (Å²) in [7, 11) is -3.66. The second-order valence-corrected chi connectivity index (χ2v) is 7.41. The third-order valence-corrected chi connectivity index (χ3v) is 5.64. The van der Waals surface area contributed by atoms with Crippen LogP contribution < -0.4 is 5.32 Å². The summed E-state index contributed by atoms with van der Waals surface area (Å²) in [6.45, 7) is 0.553. The Bertz CT molecular complexity index is 662. The second-order valence-electron chi connectivity index (χ2n) is 5.59. The molecule has 7 nitrogen and oxygen atoms in total. The summed E-state index contributed by atoms with van der Waals surface area (Å²) >= 11 is 0. The van der Waals surface area contributed by atoms with Crippen LogP contribution in [0.1, 0.15) is 24.4 Å². The molecule has 23 heavy (non-hydrogen) atoms. The molecule has 1 fully saturated rings. The van der Waals surface area contributed by atoms with Crippen LogP contribution in [0.4, 0.5) is 0 Å². The third-order valence-electron chi connectivity index (χ3n) is 4.02. The molecule has 2 aliphatic heterocycles. The standard InChI is InChI=1S/C15H20N2O5S/c18-8-6-12(11-4-2-1-3-5-11)16-15-17-23(19,20)14-10-21-9-7-13(14)22-15/h1-5,12-14,18H,6-10H2,(H,16,17)/t12-,13?,14?/m0/s1. The summed E-state index contributed by atoms with van der Waals surface area (Å²) in [4.78, 5) is 0. The van der Waals surface area contributed by atoms with E-state index in [0.717, 1.165) is 5.56 Å². The molecular weight excluding hydrogens is 320 g/mol. The van der Waals surface area contributed by atoms with E-state index in [0.29, 0.717) is 19.4 Å². The van der Waals surface area contributed by atoms with Gasteiger partial charge in [0.05, 0.1) is 19.3 Å². The van der Waals surface area contributed by atoms with Crippen LogP contribution in [0.25, 0.3) is 0 Å². The summed E-state index contributed by atoms with van der Waals surface area (Å²) in [6, 6.07) is 9.20. The summed E-state index contributed by atoms with van der Waals surface area (Å²) in [5, 5.41) is 11.5. The zero-order valence-corrected chi connectivity index (χ0v) is 13.4. The van der Waals surface area contributed by atoms with Crippen molar-refractivity contribution < 1.29 is 23.0 Å². The Morgan fingerprint density at radius 3 is 2.87 bits per heavy atom. The van der Waals surface area contributed by atoms with Gasteiger partial charge in [0.25, 0.3) is 10.0 Å². The first-order chi connectivity index (χ1) is 11.1. The topological polar surface area (TPSA) is 97.2 Å². The van der Waals surface area contributed by atoms with Gasteiger partial charge in [-0.25, -0.2) is 8.42 Å². The van der Waals surface area contributed by atoms with Gasteiger partial charge in [0, 0.05) is 13.0 Å². The molecule has 1 aromatic rings. The summed E-state index contributed by atoms with van der Waals surface area (Å²) in [6.07, 6.45) is 0.490. The van der Waals surface area contributed by atoms with Crippen molar-refractivity contribution in [2.24, 2.45) is 4.40 Å². The van der Waals surface area contributed by atoms with Crippen molar-refractivity contribution in [3.8, 4) is 0 Å². The summed E-state index contributed by atoms with van der Waals surface area (Å²) in [5.41, 5.74) is 0.930. The number of fused-ring (bicyclic) bond motifs is 1. The lowest BCUT2D eigenvalue weighted by Crippen LogP contribution is -2.50. The van der Waals surface area contributed by atoms with Crippen LogP contribution in [0.5, 0.6) is 0 Å². The van der Waals surface area contributed by atoms with E-state index >= 15 is 0 Å². The van der Waals surface area contributed by atoms with E-state index in [1.165, 1.54) is 0 Å². The maximum atomic E-state index is 12.3. The van der Waals surface area contributed by atoms with Crippen molar-refractivity contribution in [3.63, 3.8) is 0 Å². The van der Waals surface area contributed by atoms with Crippen LogP contribution in [0, 0.1) is 0 Å². The second kappa shape index (κ2) is 6.86. The number of sulfonamides is 1. The molecule has 2 heterocycles. The highest BCUT2D eigenvalue weighted by Crippen LogP contribution is 2.25. The number of aliphatic hydroxyl groups excluding tert-OH is 1. The fourth-order valence-corrected chi connectivity index (χ4v) is 4.10. The predicted octanol–water partition coefficient (Wildman–Crippen LogP) is 0.573. The maximum absolute atomic E-state index is 12.3. The van der Waals surface area contributed by atoms with E-state index in [-0.39, 0.29) is 25.3 Å². The highest BCUT2D eigenvalue weighted by atomic mass is 32.2. The lowest BCUT2D eigenvalue weighted by Gasteiger charge is -2.34. The van der Waals surface area contributed by atoms with Crippen molar-refractivity contribution in [1.82, 2.24) is 5.32 Å². The van der Waals surface area contributed by atoms with Crippen LogP contribution in [0.3, 0.4) is 0 Å². The lowest BCUT2D eigenvalue weighted by molar-refractivity contribution is 0.0184. The van der Waals surface area contributed by atoms with Crippen molar-refractivity contribution in [3.05, 3.63) is 35.9 Å². The highest BCUT2D eigenvalue weighted by molar-refractivity contribution is 7.91. The van der Waals surface area contributed by atoms with Gasteiger partial charge in [0.2, 0.25) is 0 Å². The van der Waals surface area contributed by atoms with Gasteiger partial charge in [-0.15, -0.1) is 4.40 Å². The van der Waals surface area contributed by atoms with Gasteiger partial charge in [0.15, 0.2) is 0 Å². The Morgan fingerprint density at radius 1 is 1.35 bits per heavy atom. The van der Waals surface area contributed by atoms with Crippen molar-refractivity contribution in [2.45, 2.75) is 30.2 Å². The van der Waals surface area contributed by atoms with Crippen molar-refractivity contribution in [2.75, 3.05) is 19.8 Å². The van der Waals surface area contributed by atoms with Gasteiger partial charge in [-0.3, -0.25) is 0 Å². The summed E-state index contributed by atoms with van der Waals surface area (Å²) < 4.78 is 39.2. The minimum absolute atomic E-state index is 0.00421. The van der Waals surface area contributed by atoms with E-state index in [1.807, 2.05) is 30.3 Å². The normalized spacial score (nSPS) is 27.3. The van der Waals surface area contributed by atoms with Gasteiger partial charge in [-0.1, -0.05) is 30.3 Å². The first-order valence-corrected chi connectivity index (χ1v) is 9.11. The van der Waals surface area contributed by atoms with Crippen LogP contribution in [0.2, 0.25) is 0 Å². The van der Waals surface area contributed by atoms with E-state index in [1.54, 1.807) is 0 Å². The number of benzene rings is 1. The van der Waals surface area contributed by atoms with Crippen LogP contribution in [0.15, 0.2) is 34.7 Å². The molecule has 2 unspecified atom stereocenters. The molecule has 1 saturated heterocycles. The number of hydrogen-bond acceptors (Lipinski definition) is 6. The lowest BCUT2D eigenvalue weighted by atomic mass is 10.0. The molecule has 126 valence electrons. The highest BCUT2D eigenvalue weighted by Gasteiger charge is 2.42. The van der Waals surface area contributed by atoms with Gasteiger partial charge < -0.3 is 19.9 Å². The first kappa shape index (κ1) is 16.2. The number of aliphatic hydroxyl groups is 1. The number of hydrogen-bond donors (Lipinski definition) is 2. The number of nitrogens with zero attached hydrogens (tertiary/aromatic N) is 1. The van der Waals surface area contributed by atoms with Gasteiger partial charge in [0.1, 0.15) is 11.4 Å². The van der Waals surface area contributed by atoms with E-state index in [2.05, 4.69) is 9.71 Å².